The molecule has 0 rings (SSSR count). The van der Waals surface area contributed by atoms with E-state index < -0.39 is 49.4 Å². The number of esters is 2. The van der Waals surface area contributed by atoms with Crippen LogP contribution in [0.5, 0.6) is 0 Å². The molecule has 10 heteroatoms. The van der Waals surface area contributed by atoms with Crippen LogP contribution >= 0.6 is 7.82 Å². The topological polar surface area (TPSA) is 123 Å². The summed E-state index contributed by atoms with van der Waals surface area (Å²) in [5, 5.41) is 0. The summed E-state index contributed by atoms with van der Waals surface area (Å²) in [6.45, 7) is 14.7. The summed E-state index contributed by atoms with van der Waals surface area (Å²) in [5.41, 5.74) is 3.48. The van der Waals surface area contributed by atoms with E-state index >= 15 is 0 Å². The van der Waals surface area contributed by atoms with Crippen LogP contribution in [0.3, 0.4) is 0 Å². The predicted molar refractivity (Wildman–Crippen MR) is 104 cm³/mol. The van der Waals surface area contributed by atoms with Crippen molar-refractivity contribution >= 4 is 19.8 Å². The molecule has 0 fully saturated rings. The van der Waals surface area contributed by atoms with Crippen molar-refractivity contribution in [2.45, 2.75) is 98.0 Å². The first kappa shape index (κ1) is 27.0. The molecule has 0 radical (unpaired) electrons. The number of ether oxygens (including phenoxy) is 2. The molecule has 0 amide bonds. The molecule has 0 aliphatic heterocycles. The van der Waals surface area contributed by atoms with Crippen molar-refractivity contribution in [2.75, 3.05) is 6.79 Å². The maximum atomic E-state index is 12.8. The fraction of sp³-hybridized carbons (Fsp3) is 0.889. The van der Waals surface area contributed by atoms with Crippen LogP contribution in [-0.4, -0.2) is 41.6 Å². The number of carbonyl (C=O) groups is 2. The van der Waals surface area contributed by atoms with Crippen LogP contribution < -0.4 is 5.73 Å². The van der Waals surface area contributed by atoms with E-state index in [4.69, 9.17) is 28.8 Å². The summed E-state index contributed by atoms with van der Waals surface area (Å²) in [5.74, 6) is -1.27. The third-order valence-electron chi connectivity index (χ3n) is 2.57. The van der Waals surface area contributed by atoms with Gasteiger partial charge in [-0.1, -0.05) is 0 Å². The molecule has 28 heavy (non-hydrogen) atoms. The van der Waals surface area contributed by atoms with Gasteiger partial charge in [0.2, 0.25) is 6.79 Å². The Morgan fingerprint density at radius 3 is 1.75 bits per heavy atom. The lowest BCUT2D eigenvalue weighted by Gasteiger charge is -2.30. The van der Waals surface area contributed by atoms with E-state index in [1.807, 2.05) is 0 Å². The van der Waals surface area contributed by atoms with E-state index in [0.29, 0.717) is 0 Å². The van der Waals surface area contributed by atoms with Crippen LogP contribution in [-0.2, 0) is 37.2 Å². The molecule has 0 saturated carbocycles. The van der Waals surface area contributed by atoms with E-state index in [1.54, 1.807) is 62.3 Å². The Labute approximate surface area is 168 Å². The number of rotatable bonds is 9. The van der Waals surface area contributed by atoms with Crippen LogP contribution in [0.15, 0.2) is 0 Å². The maximum absolute atomic E-state index is 12.8. The van der Waals surface area contributed by atoms with Gasteiger partial charge >= 0.3 is 19.8 Å². The quantitative estimate of drug-likeness (QED) is 0.334. The molecular formula is C18H36NO8P. The molecule has 0 heterocycles. The molecule has 0 aliphatic rings. The summed E-state index contributed by atoms with van der Waals surface area (Å²) in [6, 6.07) is -1.05. The summed E-state index contributed by atoms with van der Waals surface area (Å²) in [6.07, 6.45) is 0.00947. The molecule has 0 unspecified atom stereocenters. The molecule has 0 saturated heterocycles. The second-order valence-electron chi connectivity index (χ2n) is 9.30. The van der Waals surface area contributed by atoms with Gasteiger partial charge in [-0.05, 0) is 68.7 Å². The highest BCUT2D eigenvalue weighted by Crippen LogP contribution is 2.55. The molecule has 1 atom stereocenters. The highest BCUT2D eigenvalue weighted by atomic mass is 31.2. The highest BCUT2D eigenvalue weighted by Gasteiger charge is 2.37. The molecule has 0 aromatic carbocycles. The average molecular weight is 425 g/mol. The van der Waals surface area contributed by atoms with Gasteiger partial charge in [0.25, 0.3) is 0 Å². The second kappa shape index (κ2) is 10.2. The summed E-state index contributed by atoms with van der Waals surface area (Å²) in [7, 11) is -4.00. The number of nitrogens with two attached hydrogens (primary N) is 1. The van der Waals surface area contributed by atoms with Gasteiger partial charge in [-0.3, -0.25) is 18.6 Å². The SMILES string of the molecule is CC(C)(C)OC(=O)CC[C@H](N)C(=O)OCOP(=O)(OC(C)(C)C)OC(C)(C)C. The summed E-state index contributed by atoms with van der Waals surface area (Å²) < 4.78 is 38.7. The summed E-state index contributed by atoms with van der Waals surface area (Å²) >= 11 is 0. The standard InChI is InChI=1S/C18H36NO8P/c1-16(2,3)25-14(20)11-10-13(19)15(21)23-12-24-28(22,26-17(4,5)6)27-18(7,8)9/h13H,10-12,19H2,1-9H3/t13-/m0/s1. The first-order chi connectivity index (χ1) is 12.3. The minimum atomic E-state index is -4.00. The van der Waals surface area contributed by atoms with Gasteiger partial charge in [0, 0.05) is 6.42 Å². The van der Waals surface area contributed by atoms with Crippen LogP contribution in [0, 0.1) is 0 Å². The van der Waals surface area contributed by atoms with Crippen LogP contribution in [0.25, 0.3) is 0 Å². The Morgan fingerprint density at radius 2 is 1.36 bits per heavy atom. The molecular weight excluding hydrogens is 389 g/mol. The zero-order chi connectivity index (χ0) is 22.4. The van der Waals surface area contributed by atoms with Crippen molar-refractivity contribution in [1.29, 1.82) is 0 Å². The van der Waals surface area contributed by atoms with Gasteiger partial charge in [0.15, 0.2) is 0 Å². The molecule has 0 aromatic rings. The highest BCUT2D eigenvalue weighted by molar-refractivity contribution is 7.48. The van der Waals surface area contributed by atoms with Gasteiger partial charge in [-0.2, -0.15) is 0 Å². The maximum Gasteiger partial charge on any atom is 0.478 e. The molecule has 0 aromatic heterocycles. The lowest BCUT2D eigenvalue weighted by atomic mass is 10.1. The number of hydrogen-bond donors (Lipinski definition) is 1. The lowest BCUT2D eigenvalue weighted by Crippen LogP contribution is -2.34. The minimum Gasteiger partial charge on any atom is -0.460 e. The van der Waals surface area contributed by atoms with Crippen molar-refractivity contribution in [3.63, 3.8) is 0 Å². The fourth-order valence-corrected chi connectivity index (χ4v) is 3.45. The molecule has 0 bridgehead atoms. The Bertz CT molecular complexity index is 552. The van der Waals surface area contributed by atoms with Crippen molar-refractivity contribution < 1.29 is 37.2 Å². The normalized spacial score (nSPS) is 14.5. The van der Waals surface area contributed by atoms with E-state index in [1.165, 1.54) is 0 Å². The van der Waals surface area contributed by atoms with Gasteiger partial charge in [-0.15, -0.1) is 0 Å². The van der Waals surface area contributed by atoms with Crippen molar-refractivity contribution in [3.8, 4) is 0 Å². The lowest BCUT2D eigenvalue weighted by molar-refractivity contribution is -0.156. The molecule has 9 nitrogen and oxygen atoms in total. The number of phosphoric acid groups is 1. The molecule has 2 N–H and O–H groups in total. The fourth-order valence-electron chi connectivity index (χ4n) is 1.78. The number of phosphoric ester groups is 1. The summed E-state index contributed by atoms with van der Waals surface area (Å²) in [4.78, 5) is 23.6. The largest absolute Gasteiger partial charge is 0.478 e. The monoisotopic (exact) mass is 425 g/mol. The van der Waals surface area contributed by atoms with Crippen LogP contribution in [0.1, 0.15) is 75.2 Å². The first-order valence-corrected chi connectivity index (χ1v) is 10.6. The first-order valence-electron chi connectivity index (χ1n) is 9.12. The van der Waals surface area contributed by atoms with Gasteiger partial charge in [-0.25, -0.2) is 9.09 Å². The van der Waals surface area contributed by atoms with E-state index in [9.17, 15) is 14.2 Å². The van der Waals surface area contributed by atoms with Crippen LogP contribution in [0.4, 0.5) is 0 Å². The molecule has 166 valence electrons. The Balaban J connectivity index is 4.61. The molecule has 0 spiro atoms. The average Bonchev–Trinajstić information content (AvgIpc) is 2.38. The van der Waals surface area contributed by atoms with Gasteiger partial charge in [0.1, 0.15) is 11.6 Å². The molecule has 0 aliphatic carbocycles. The Hall–Kier alpha value is -0.990. The smallest absolute Gasteiger partial charge is 0.460 e. The second-order valence-corrected chi connectivity index (χ2v) is 10.8. The zero-order valence-corrected chi connectivity index (χ0v) is 19.4. The third-order valence-corrected chi connectivity index (χ3v) is 4.53. The van der Waals surface area contributed by atoms with Crippen molar-refractivity contribution in [1.82, 2.24) is 0 Å². The van der Waals surface area contributed by atoms with E-state index in [0.717, 1.165) is 0 Å². The van der Waals surface area contributed by atoms with Crippen molar-refractivity contribution in [3.05, 3.63) is 0 Å². The number of hydrogen-bond acceptors (Lipinski definition) is 9. The van der Waals surface area contributed by atoms with E-state index in [2.05, 4.69) is 0 Å². The Kier molecular flexibility index (Phi) is 9.80. The Morgan fingerprint density at radius 1 is 0.893 bits per heavy atom. The predicted octanol–water partition coefficient (Wildman–Crippen LogP) is 3.69. The minimum absolute atomic E-state index is 0.0346. The van der Waals surface area contributed by atoms with Crippen molar-refractivity contribution in [2.24, 2.45) is 5.73 Å². The van der Waals surface area contributed by atoms with Gasteiger partial charge in [0.05, 0.1) is 11.2 Å². The number of carbonyl (C=O) groups excluding carboxylic acids is 2. The third kappa shape index (κ3) is 14.1. The van der Waals surface area contributed by atoms with Crippen LogP contribution in [0.2, 0.25) is 0 Å². The zero-order valence-electron chi connectivity index (χ0n) is 18.5. The van der Waals surface area contributed by atoms with Gasteiger partial charge < -0.3 is 15.2 Å². The van der Waals surface area contributed by atoms with E-state index in [-0.39, 0.29) is 12.8 Å².